The first-order valence-electron chi connectivity index (χ1n) is 11.4. The van der Waals surface area contributed by atoms with Crippen LogP contribution in [0.5, 0.6) is 0 Å². The molecule has 0 aliphatic heterocycles. The largest absolute Gasteiger partial charge is 0.399 e. The minimum atomic E-state index is -0.871. The number of benzene rings is 3. The molecule has 3 aromatic carbocycles. The molecule has 0 fully saturated rings. The Kier molecular flexibility index (Phi) is 7.38. The van der Waals surface area contributed by atoms with Crippen LogP contribution in [0.3, 0.4) is 0 Å². The molecule has 4 rings (SSSR count). The highest BCUT2D eigenvalue weighted by Gasteiger charge is 2.23. The summed E-state index contributed by atoms with van der Waals surface area (Å²) in [5.74, 6) is 0.246. The summed E-state index contributed by atoms with van der Waals surface area (Å²) >= 11 is 0. The second kappa shape index (κ2) is 10.8. The Labute approximate surface area is 205 Å². The lowest BCUT2D eigenvalue weighted by Gasteiger charge is -2.23. The lowest BCUT2D eigenvalue weighted by atomic mass is 10.1. The summed E-state index contributed by atoms with van der Waals surface area (Å²) in [4.78, 5) is 26.1. The van der Waals surface area contributed by atoms with E-state index in [1.807, 2.05) is 72.6 Å². The van der Waals surface area contributed by atoms with Gasteiger partial charge in [-0.05, 0) is 23.3 Å². The van der Waals surface area contributed by atoms with Crippen LogP contribution in [-0.2, 0) is 6.54 Å². The van der Waals surface area contributed by atoms with Crippen LogP contribution in [0.4, 0.5) is 11.6 Å². The number of carbonyl (C=O) groups is 1. The fourth-order valence-electron chi connectivity index (χ4n) is 3.88. The maximum Gasteiger partial charge on any atom is 0.257 e. The van der Waals surface area contributed by atoms with Gasteiger partial charge < -0.3 is 20.6 Å². The van der Waals surface area contributed by atoms with Crippen molar-refractivity contribution in [1.82, 2.24) is 14.9 Å². The first-order valence-corrected chi connectivity index (χ1v) is 11.4. The lowest BCUT2D eigenvalue weighted by Crippen LogP contribution is -2.32. The molecule has 0 spiro atoms. The molecule has 1 heterocycles. The molecule has 7 heteroatoms. The number of anilines is 2. The number of rotatable bonds is 8. The van der Waals surface area contributed by atoms with E-state index in [0.717, 1.165) is 11.1 Å². The van der Waals surface area contributed by atoms with E-state index in [2.05, 4.69) is 4.98 Å². The maximum atomic E-state index is 13.4. The number of likely N-dealkylation sites (N-methyl/N-ethyl adjacent to an activating group) is 1. The molecular formula is C28H29N5O2. The smallest absolute Gasteiger partial charge is 0.257 e. The van der Waals surface area contributed by atoms with Crippen LogP contribution in [0, 0.1) is 0 Å². The average molecular weight is 468 g/mol. The van der Waals surface area contributed by atoms with Gasteiger partial charge in [-0.25, -0.2) is 9.97 Å². The number of carbonyl (C=O) groups excluding carboxylic acids is 1. The van der Waals surface area contributed by atoms with Crippen molar-refractivity contribution in [3.05, 3.63) is 108 Å². The fourth-order valence-corrected chi connectivity index (χ4v) is 3.88. The Morgan fingerprint density at radius 2 is 1.66 bits per heavy atom. The van der Waals surface area contributed by atoms with Crippen LogP contribution >= 0.6 is 0 Å². The summed E-state index contributed by atoms with van der Waals surface area (Å²) < 4.78 is 0. The molecule has 1 unspecified atom stereocenters. The Hall–Kier alpha value is -4.23. The number of nitrogens with zero attached hydrogens (tertiary/aromatic N) is 4. The molecule has 7 nitrogen and oxygen atoms in total. The van der Waals surface area contributed by atoms with Gasteiger partial charge in [0.15, 0.2) is 0 Å². The van der Waals surface area contributed by atoms with Crippen LogP contribution < -0.4 is 10.6 Å². The van der Waals surface area contributed by atoms with Gasteiger partial charge in [-0.2, -0.15) is 0 Å². The number of aliphatic hydroxyl groups excluding tert-OH is 1. The van der Waals surface area contributed by atoms with E-state index >= 15 is 0 Å². The van der Waals surface area contributed by atoms with Crippen molar-refractivity contribution in [3.63, 3.8) is 0 Å². The highest BCUT2D eigenvalue weighted by Crippen LogP contribution is 2.25. The van der Waals surface area contributed by atoms with Gasteiger partial charge in [-0.15, -0.1) is 0 Å². The minimum absolute atomic E-state index is 0.103. The maximum absolute atomic E-state index is 13.4. The van der Waals surface area contributed by atoms with E-state index in [4.69, 9.17) is 10.7 Å². The molecule has 4 aromatic rings. The molecule has 0 aliphatic carbocycles. The number of aromatic nitrogens is 2. The highest BCUT2D eigenvalue weighted by atomic mass is 16.3. The zero-order chi connectivity index (χ0) is 24.8. The zero-order valence-corrected chi connectivity index (χ0v) is 19.9. The number of amides is 1. The van der Waals surface area contributed by atoms with Crippen molar-refractivity contribution in [2.75, 3.05) is 31.3 Å². The number of hydrogen-bond donors (Lipinski definition) is 2. The molecule has 0 bridgehead atoms. The third kappa shape index (κ3) is 5.83. The zero-order valence-electron chi connectivity index (χ0n) is 19.9. The van der Waals surface area contributed by atoms with Gasteiger partial charge in [0.2, 0.25) is 5.95 Å². The standard InChI is InChI=1S/C28H29N5O2/c1-32(19-25(34)22-14-9-15-23(29)16-22)27(35)24-17-30-28(31-26(24)21-12-7-4-8-13-21)33(2)18-20-10-5-3-6-11-20/h3-17,25,34H,18-19,29H2,1-2H3. The van der Waals surface area contributed by atoms with Crippen molar-refractivity contribution in [1.29, 1.82) is 0 Å². The van der Waals surface area contributed by atoms with Crippen molar-refractivity contribution >= 4 is 17.5 Å². The fraction of sp³-hybridized carbons (Fsp3) is 0.179. The summed E-state index contributed by atoms with van der Waals surface area (Å²) in [6, 6.07) is 26.7. The molecule has 0 saturated carbocycles. The first kappa shape index (κ1) is 23.9. The van der Waals surface area contributed by atoms with Crippen molar-refractivity contribution in [3.8, 4) is 11.3 Å². The second-order valence-electron chi connectivity index (χ2n) is 8.51. The quantitative estimate of drug-likeness (QED) is 0.378. The SMILES string of the molecule is CN(CC(O)c1cccc(N)c1)C(=O)c1cnc(N(C)Cc2ccccc2)nc1-c1ccccc1. The van der Waals surface area contributed by atoms with E-state index in [9.17, 15) is 9.90 Å². The minimum Gasteiger partial charge on any atom is -0.399 e. The van der Waals surface area contributed by atoms with E-state index < -0.39 is 6.10 Å². The predicted octanol–water partition coefficient (Wildman–Crippen LogP) is 4.17. The third-order valence-corrected chi connectivity index (χ3v) is 5.75. The number of aliphatic hydroxyl groups is 1. The van der Waals surface area contributed by atoms with Crippen LogP contribution in [-0.4, -0.2) is 46.5 Å². The Morgan fingerprint density at radius 1 is 0.971 bits per heavy atom. The Balaban J connectivity index is 1.61. The van der Waals surface area contributed by atoms with Crippen LogP contribution in [0.1, 0.15) is 27.6 Å². The summed E-state index contributed by atoms with van der Waals surface area (Å²) in [6.45, 7) is 0.737. The van der Waals surface area contributed by atoms with Gasteiger partial charge in [0.1, 0.15) is 0 Å². The highest BCUT2D eigenvalue weighted by molar-refractivity contribution is 5.99. The summed E-state index contributed by atoms with van der Waals surface area (Å²) in [5, 5.41) is 10.7. The Bertz CT molecular complexity index is 1280. The molecule has 0 radical (unpaired) electrons. The molecule has 35 heavy (non-hydrogen) atoms. The molecule has 178 valence electrons. The van der Waals surface area contributed by atoms with Crippen LogP contribution in [0.2, 0.25) is 0 Å². The lowest BCUT2D eigenvalue weighted by molar-refractivity contribution is 0.0681. The average Bonchev–Trinajstić information content (AvgIpc) is 2.89. The summed E-state index contributed by atoms with van der Waals surface area (Å²) in [6.07, 6.45) is 0.697. The molecule has 1 aromatic heterocycles. The van der Waals surface area contributed by atoms with Crippen molar-refractivity contribution in [2.24, 2.45) is 0 Å². The molecule has 1 atom stereocenters. The van der Waals surface area contributed by atoms with Crippen molar-refractivity contribution in [2.45, 2.75) is 12.6 Å². The number of hydrogen-bond acceptors (Lipinski definition) is 6. The van der Waals surface area contributed by atoms with E-state index in [0.29, 0.717) is 35.0 Å². The summed E-state index contributed by atoms with van der Waals surface area (Å²) in [7, 11) is 3.58. The number of nitrogens with two attached hydrogens (primary N) is 1. The van der Waals surface area contributed by atoms with Crippen LogP contribution in [0.25, 0.3) is 11.3 Å². The van der Waals surface area contributed by atoms with Gasteiger partial charge in [0.25, 0.3) is 5.91 Å². The van der Waals surface area contributed by atoms with E-state index in [-0.39, 0.29) is 12.5 Å². The van der Waals surface area contributed by atoms with E-state index in [1.165, 1.54) is 4.90 Å². The second-order valence-corrected chi connectivity index (χ2v) is 8.51. The Morgan fingerprint density at radius 3 is 2.34 bits per heavy atom. The van der Waals surface area contributed by atoms with Gasteiger partial charge >= 0.3 is 0 Å². The normalized spacial score (nSPS) is 11.6. The van der Waals surface area contributed by atoms with E-state index in [1.54, 1.807) is 37.5 Å². The van der Waals surface area contributed by atoms with Gasteiger partial charge in [-0.1, -0.05) is 72.8 Å². The molecule has 0 saturated heterocycles. The third-order valence-electron chi connectivity index (χ3n) is 5.75. The molecule has 1 amide bonds. The predicted molar refractivity (Wildman–Crippen MR) is 139 cm³/mol. The molecular weight excluding hydrogens is 438 g/mol. The topological polar surface area (TPSA) is 95.6 Å². The molecule has 0 aliphatic rings. The number of nitrogen functional groups attached to an aromatic ring is 1. The van der Waals surface area contributed by atoms with Gasteiger partial charge in [-0.3, -0.25) is 4.79 Å². The molecule has 3 N–H and O–H groups in total. The summed E-state index contributed by atoms with van der Waals surface area (Å²) in [5.41, 5.74) is 9.92. The van der Waals surface area contributed by atoms with Crippen molar-refractivity contribution < 1.29 is 9.90 Å². The first-order chi connectivity index (χ1) is 16.9. The monoisotopic (exact) mass is 467 g/mol. The van der Waals surface area contributed by atoms with Gasteiger partial charge in [0.05, 0.1) is 23.9 Å². The van der Waals surface area contributed by atoms with Crippen LogP contribution in [0.15, 0.2) is 91.1 Å². The van der Waals surface area contributed by atoms with Gasteiger partial charge in [0, 0.05) is 38.1 Å².